The molecule has 2 aliphatic rings. The molecule has 0 spiro atoms. The summed E-state index contributed by atoms with van der Waals surface area (Å²) >= 11 is 0.738. The number of amides is 3. The molecule has 3 rings (SSSR count). The third-order valence-corrected chi connectivity index (χ3v) is 5.08. The van der Waals surface area contributed by atoms with Crippen molar-refractivity contribution in [1.29, 1.82) is 0 Å². The molecule has 1 saturated carbocycles. The van der Waals surface area contributed by atoms with Crippen molar-refractivity contribution in [3.63, 3.8) is 0 Å². The van der Waals surface area contributed by atoms with E-state index in [1.807, 2.05) is 0 Å². The summed E-state index contributed by atoms with van der Waals surface area (Å²) in [5, 5.41) is 2.29. The van der Waals surface area contributed by atoms with Crippen LogP contribution in [0.4, 0.5) is 4.79 Å². The Labute approximate surface area is 171 Å². The van der Waals surface area contributed by atoms with Crippen molar-refractivity contribution < 1.29 is 33.4 Å². The molecule has 1 saturated heterocycles. The number of thioether (sulfide) groups is 1. The van der Waals surface area contributed by atoms with Crippen molar-refractivity contribution in [1.82, 2.24) is 10.2 Å². The smallest absolute Gasteiger partial charge is 0.325 e. The van der Waals surface area contributed by atoms with Gasteiger partial charge in [-0.15, -0.1) is 0 Å². The Bertz CT molecular complexity index is 879. The molecule has 0 aromatic heterocycles. The van der Waals surface area contributed by atoms with E-state index in [0.29, 0.717) is 17.1 Å². The Balaban J connectivity index is 1.69. The minimum atomic E-state index is -0.678. The van der Waals surface area contributed by atoms with Gasteiger partial charge in [0.25, 0.3) is 17.1 Å². The fraction of sp³-hybridized carbons (Fsp3) is 0.368. The highest BCUT2D eigenvalue weighted by atomic mass is 32.2. The fourth-order valence-corrected chi connectivity index (χ4v) is 3.35. The number of esters is 1. The molecule has 0 unspecified atom stereocenters. The highest BCUT2D eigenvalue weighted by Gasteiger charge is 2.36. The lowest BCUT2D eigenvalue weighted by Crippen LogP contribution is -2.34. The lowest BCUT2D eigenvalue weighted by atomic mass is 10.2. The number of hydrogen-bond donors (Lipinski definition) is 1. The predicted molar refractivity (Wildman–Crippen MR) is 104 cm³/mol. The van der Waals surface area contributed by atoms with Gasteiger partial charge in [0.2, 0.25) is 0 Å². The number of rotatable bonds is 8. The van der Waals surface area contributed by atoms with Crippen LogP contribution in [0.15, 0.2) is 23.1 Å². The molecule has 1 heterocycles. The number of benzene rings is 1. The molecule has 1 aliphatic heterocycles. The maximum Gasteiger partial charge on any atom is 0.325 e. The molecule has 29 heavy (non-hydrogen) atoms. The van der Waals surface area contributed by atoms with E-state index in [1.165, 1.54) is 20.3 Å². The molecule has 1 aliphatic carbocycles. The maximum atomic E-state index is 12.4. The molecule has 0 bridgehead atoms. The molecule has 10 heteroatoms. The predicted octanol–water partition coefficient (Wildman–Crippen LogP) is 1.56. The number of ether oxygens (including phenoxy) is 3. The van der Waals surface area contributed by atoms with Gasteiger partial charge in [-0.2, -0.15) is 0 Å². The number of nitrogens with zero attached hydrogens (tertiary/aromatic N) is 1. The van der Waals surface area contributed by atoms with Crippen LogP contribution in [0.3, 0.4) is 0 Å². The number of hydrogen-bond acceptors (Lipinski definition) is 8. The van der Waals surface area contributed by atoms with Gasteiger partial charge >= 0.3 is 5.97 Å². The molecule has 1 aromatic carbocycles. The van der Waals surface area contributed by atoms with E-state index in [2.05, 4.69) is 10.1 Å². The quantitative estimate of drug-likeness (QED) is 0.498. The number of methoxy groups -OCH3 is 2. The van der Waals surface area contributed by atoms with Gasteiger partial charge < -0.3 is 19.5 Å². The van der Waals surface area contributed by atoms with Gasteiger partial charge in [-0.05, 0) is 48.4 Å². The normalized spacial score (nSPS) is 17.4. The SMILES string of the molecule is COC(=O)CN1C(=O)S/C(=C\c2ccc(OCC(=O)NC3CC3)c(OC)c2)C1=O. The van der Waals surface area contributed by atoms with E-state index < -0.39 is 23.7 Å². The van der Waals surface area contributed by atoms with Crippen LogP contribution in [-0.4, -0.2) is 61.3 Å². The fourth-order valence-electron chi connectivity index (χ4n) is 2.51. The first-order chi connectivity index (χ1) is 13.9. The summed E-state index contributed by atoms with van der Waals surface area (Å²) in [6.45, 7) is -0.559. The molecule has 0 atom stereocenters. The molecule has 1 N–H and O–H groups in total. The van der Waals surface area contributed by atoms with Gasteiger partial charge in [0.15, 0.2) is 18.1 Å². The first-order valence-electron chi connectivity index (χ1n) is 8.83. The molecular formula is C19H20N2O7S. The summed E-state index contributed by atoms with van der Waals surface area (Å²) in [6.07, 6.45) is 3.51. The third kappa shape index (κ3) is 5.29. The summed E-state index contributed by atoms with van der Waals surface area (Å²) in [4.78, 5) is 48.5. The number of carbonyl (C=O) groups excluding carboxylic acids is 4. The van der Waals surface area contributed by atoms with Crippen LogP contribution in [0.5, 0.6) is 11.5 Å². The number of carbonyl (C=O) groups is 4. The molecule has 154 valence electrons. The largest absolute Gasteiger partial charge is 0.493 e. The lowest BCUT2D eigenvalue weighted by molar-refractivity contribution is -0.143. The summed E-state index contributed by atoms with van der Waals surface area (Å²) in [5.74, 6) is -0.678. The van der Waals surface area contributed by atoms with Crippen molar-refractivity contribution in [2.24, 2.45) is 0 Å². The highest BCUT2D eigenvalue weighted by Crippen LogP contribution is 2.34. The molecule has 9 nitrogen and oxygen atoms in total. The van der Waals surface area contributed by atoms with Gasteiger partial charge in [0.1, 0.15) is 6.54 Å². The monoisotopic (exact) mass is 420 g/mol. The van der Waals surface area contributed by atoms with E-state index in [9.17, 15) is 19.2 Å². The topological polar surface area (TPSA) is 111 Å². The Kier molecular flexibility index (Phi) is 6.42. The first-order valence-corrected chi connectivity index (χ1v) is 9.65. The summed E-state index contributed by atoms with van der Waals surface area (Å²) in [7, 11) is 2.64. The van der Waals surface area contributed by atoms with Crippen molar-refractivity contribution in [2.45, 2.75) is 18.9 Å². The summed E-state index contributed by atoms with van der Waals surface area (Å²) in [6, 6.07) is 5.17. The Hall–Kier alpha value is -3.01. The van der Waals surface area contributed by atoms with E-state index in [0.717, 1.165) is 29.5 Å². The zero-order valence-corrected chi connectivity index (χ0v) is 16.7. The van der Waals surface area contributed by atoms with E-state index >= 15 is 0 Å². The molecule has 2 fully saturated rings. The second-order valence-corrected chi connectivity index (χ2v) is 7.38. The average molecular weight is 420 g/mol. The summed E-state index contributed by atoms with van der Waals surface area (Å²) < 4.78 is 15.3. The third-order valence-electron chi connectivity index (χ3n) is 4.18. The highest BCUT2D eigenvalue weighted by molar-refractivity contribution is 8.18. The Morgan fingerprint density at radius 2 is 2.00 bits per heavy atom. The van der Waals surface area contributed by atoms with Gasteiger partial charge in [0, 0.05) is 6.04 Å². The van der Waals surface area contributed by atoms with Crippen LogP contribution >= 0.6 is 11.8 Å². The van der Waals surface area contributed by atoms with Crippen molar-refractivity contribution in [3.8, 4) is 11.5 Å². The average Bonchev–Trinajstić information content (AvgIpc) is 3.48. The van der Waals surface area contributed by atoms with Crippen molar-refractivity contribution >= 4 is 40.9 Å². The first kappa shape index (κ1) is 20.7. The van der Waals surface area contributed by atoms with Crippen molar-refractivity contribution in [2.75, 3.05) is 27.4 Å². The van der Waals surface area contributed by atoms with E-state index in [4.69, 9.17) is 9.47 Å². The van der Waals surface area contributed by atoms with Crippen LogP contribution in [-0.2, 0) is 19.1 Å². The Morgan fingerprint density at radius 3 is 2.66 bits per heavy atom. The zero-order valence-electron chi connectivity index (χ0n) is 15.9. The van der Waals surface area contributed by atoms with Crippen LogP contribution in [0.2, 0.25) is 0 Å². The molecular weight excluding hydrogens is 400 g/mol. The maximum absolute atomic E-state index is 12.4. The minimum Gasteiger partial charge on any atom is -0.493 e. The second-order valence-electron chi connectivity index (χ2n) is 6.38. The van der Waals surface area contributed by atoms with Gasteiger partial charge in [-0.25, -0.2) is 0 Å². The molecule has 1 aromatic rings. The van der Waals surface area contributed by atoms with Crippen LogP contribution in [0, 0.1) is 0 Å². The lowest BCUT2D eigenvalue weighted by Gasteiger charge is -2.11. The molecule has 3 amide bonds. The zero-order chi connectivity index (χ0) is 21.0. The van der Waals surface area contributed by atoms with Gasteiger partial charge in [0.05, 0.1) is 19.1 Å². The van der Waals surface area contributed by atoms with Gasteiger partial charge in [-0.1, -0.05) is 6.07 Å². The van der Waals surface area contributed by atoms with E-state index in [1.54, 1.807) is 18.2 Å². The standard InChI is InChI=1S/C19H20N2O7S/c1-26-14-7-11(3-6-13(14)28-10-16(22)20-12-4-5-12)8-15-18(24)21(19(25)29-15)9-17(23)27-2/h3,6-8,12H,4-5,9-10H2,1-2H3,(H,20,22)/b15-8-. The van der Waals surface area contributed by atoms with Crippen molar-refractivity contribution in [3.05, 3.63) is 28.7 Å². The molecule has 0 radical (unpaired) electrons. The Morgan fingerprint density at radius 1 is 1.24 bits per heavy atom. The van der Waals surface area contributed by atoms with Crippen LogP contribution < -0.4 is 14.8 Å². The van der Waals surface area contributed by atoms with Crippen LogP contribution in [0.1, 0.15) is 18.4 Å². The van der Waals surface area contributed by atoms with E-state index in [-0.39, 0.29) is 23.5 Å². The van der Waals surface area contributed by atoms with Crippen LogP contribution in [0.25, 0.3) is 6.08 Å². The minimum absolute atomic E-state index is 0.126. The number of nitrogens with one attached hydrogen (secondary N) is 1. The number of imide groups is 1. The second kappa shape index (κ2) is 8.99. The van der Waals surface area contributed by atoms with Gasteiger partial charge in [-0.3, -0.25) is 24.1 Å². The summed E-state index contributed by atoms with van der Waals surface area (Å²) in [5.41, 5.74) is 0.597.